The molecule has 3 aromatic carbocycles. The van der Waals surface area contributed by atoms with Crippen LogP contribution in [0.2, 0.25) is 0 Å². The number of imidazole rings is 1. The second kappa shape index (κ2) is 8.89. The molecule has 0 amide bonds. The van der Waals surface area contributed by atoms with E-state index in [1.54, 1.807) is 0 Å². The van der Waals surface area contributed by atoms with E-state index in [-0.39, 0.29) is 0 Å². The van der Waals surface area contributed by atoms with E-state index in [0.717, 1.165) is 29.1 Å². The van der Waals surface area contributed by atoms with Gasteiger partial charge in [0, 0.05) is 11.5 Å². The molecule has 3 nitrogen and oxygen atoms in total. The van der Waals surface area contributed by atoms with Crippen molar-refractivity contribution in [2.24, 2.45) is 11.7 Å². The Morgan fingerprint density at radius 2 is 1.48 bits per heavy atom. The number of benzene rings is 3. The van der Waals surface area contributed by atoms with Crippen LogP contribution in [0.5, 0.6) is 0 Å². The normalized spacial score (nSPS) is 13.2. The lowest BCUT2D eigenvalue weighted by atomic mass is 9.79. The number of hydrogen-bond acceptors (Lipinski definition) is 2. The van der Waals surface area contributed by atoms with Crippen molar-refractivity contribution in [3.05, 3.63) is 102 Å². The number of H-pyrrole nitrogens is 1. The molecule has 1 aromatic heterocycles. The van der Waals surface area contributed by atoms with Crippen LogP contribution in [0.15, 0.2) is 91.1 Å². The zero-order chi connectivity index (χ0) is 20.1. The molecule has 0 fully saturated rings. The molecule has 3 N–H and O–H groups in total. The highest BCUT2D eigenvalue weighted by atomic mass is 14.9. The van der Waals surface area contributed by atoms with Crippen molar-refractivity contribution in [3.63, 3.8) is 0 Å². The summed E-state index contributed by atoms with van der Waals surface area (Å²) >= 11 is 0. The van der Waals surface area contributed by atoms with Crippen molar-refractivity contribution in [2.45, 2.75) is 19.3 Å². The second-order valence-electron chi connectivity index (χ2n) is 7.58. The first kappa shape index (κ1) is 19.2. The summed E-state index contributed by atoms with van der Waals surface area (Å²) in [5, 5.41) is 0. The number of nitrogens with one attached hydrogen (secondary N) is 1. The molecule has 29 heavy (non-hydrogen) atoms. The van der Waals surface area contributed by atoms with E-state index >= 15 is 0 Å². The highest BCUT2D eigenvalue weighted by molar-refractivity contribution is 5.65. The number of nitrogens with zero attached hydrogens (tertiary/aromatic N) is 1. The number of aromatic amines is 1. The van der Waals surface area contributed by atoms with Crippen LogP contribution in [0.4, 0.5) is 0 Å². The standard InChI is InChI=1S/C26H27N3/c1-19(15-16-27)25(20-9-4-2-5-10-20)23-14-8-13-22(17-23)24-18-28-26(29-24)21-11-6-3-7-12-21/h2-14,17-19,25H,15-16,27H2,1H3,(H,28,29). The first-order chi connectivity index (χ1) is 14.3. The van der Waals surface area contributed by atoms with Crippen molar-refractivity contribution >= 4 is 0 Å². The van der Waals surface area contributed by atoms with E-state index in [0.29, 0.717) is 18.4 Å². The molecule has 0 saturated heterocycles. The molecule has 0 spiro atoms. The topological polar surface area (TPSA) is 54.7 Å². The molecule has 0 saturated carbocycles. The molecular formula is C26H27N3. The average molecular weight is 382 g/mol. The van der Waals surface area contributed by atoms with E-state index in [4.69, 9.17) is 5.73 Å². The van der Waals surface area contributed by atoms with Gasteiger partial charge in [0.1, 0.15) is 5.82 Å². The third-order valence-corrected chi connectivity index (χ3v) is 5.53. The first-order valence-corrected chi connectivity index (χ1v) is 10.2. The maximum absolute atomic E-state index is 5.89. The van der Waals surface area contributed by atoms with E-state index in [1.807, 2.05) is 24.4 Å². The predicted octanol–water partition coefficient (Wildman–Crippen LogP) is 5.86. The van der Waals surface area contributed by atoms with Crippen LogP contribution in [-0.2, 0) is 0 Å². The quantitative estimate of drug-likeness (QED) is 0.421. The highest BCUT2D eigenvalue weighted by Crippen LogP contribution is 2.35. The molecule has 0 bridgehead atoms. The Morgan fingerprint density at radius 1 is 0.828 bits per heavy atom. The van der Waals surface area contributed by atoms with Crippen LogP contribution in [0, 0.1) is 5.92 Å². The van der Waals surface area contributed by atoms with Crippen LogP contribution >= 0.6 is 0 Å². The van der Waals surface area contributed by atoms with Crippen LogP contribution in [-0.4, -0.2) is 16.5 Å². The number of aromatic nitrogens is 2. The summed E-state index contributed by atoms with van der Waals surface area (Å²) < 4.78 is 0. The van der Waals surface area contributed by atoms with Crippen molar-refractivity contribution < 1.29 is 0 Å². The average Bonchev–Trinajstić information content (AvgIpc) is 3.26. The predicted molar refractivity (Wildman–Crippen MR) is 121 cm³/mol. The Kier molecular flexibility index (Phi) is 5.87. The molecular weight excluding hydrogens is 354 g/mol. The van der Waals surface area contributed by atoms with Gasteiger partial charge in [0.15, 0.2) is 0 Å². The maximum atomic E-state index is 5.89. The van der Waals surface area contributed by atoms with Crippen LogP contribution in [0.3, 0.4) is 0 Å². The summed E-state index contributed by atoms with van der Waals surface area (Å²) in [5.74, 6) is 1.66. The molecule has 2 atom stereocenters. The van der Waals surface area contributed by atoms with Crippen LogP contribution in [0.1, 0.15) is 30.4 Å². The molecule has 1 heterocycles. The van der Waals surface area contributed by atoms with Gasteiger partial charge < -0.3 is 10.7 Å². The Hall–Kier alpha value is -3.17. The van der Waals surface area contributed by atoms with Crippen LogP contribution in [0.25, 0.3) is 22.6 Å². The lowest BCUT2D eigenvalue weighted by Crippen LogP contribution is -2.15. The van der Waals surface area contributed by atoms with Gasteiger partial charge in [-0.15, -0.1) is 0 Å². The van der Waals surface area contributed by atoms with Crippen molar-refractivity contribution in [1.82, 2.24) is 9.97 Å². The maximum Gasteiger partial charge on any atom is 0.137 e. The lowest BCUT2D eigenvalue weighted by molar-refractivity contribution is 0.481. The summed E-state index contributed by atoms with van der Waals surface area (Å²) in [6, 6.07) is 29.7. The molecule has 0 aliphatic carbocycles. The fraction of sp³-hybridized carbons (Fsp3) is 0.192. The van der Waals surface area contributed by atoms with Gasteiger partial charge in [-0.05, 0) is 41.6 Å². The minimum absolute atomic E-state index is 0.316. The lowest BCUT2D eigenvalue weighted by Gasteiger charge is -2.25. The fourth-order valence-electron chi connectivity index (χ4n) is 4.05. The fourth-order valence-corrected chi connectivity index (χ4v) is 4.05. The molecule has 0 radical (unpaired) electrons. The minimum atomic E-state index is 0.316. The largest absolute Gasteiger partial charge is 0.338 e. The summed E-state index contributed by atoms with van der Waals surface area (Å²) in [4.78, 5) is 8.06. The first-order valence-electron chi connectivity index (χ1n) is 10.2. The molecule has 4 aromatic rings. The molecule has 2 unspecified atom stereocenters. The van der Waals surface area contributed by atoms with E-state index < -0.39 is 0 Å². The third-order valence-electron chi connectivity index (χ3n) is 5.53. The highest BCUT2D eigenvalue weighted by Gasteiger charge is 2.21. The van der Waals surface area contributed by atoms with Crippen molar-refractivity contribution in [2.75, 3.05) is 6.54 Å². The smallest absolute Gasteiger partial charge is 0.137 e. The van der Waals surface area contributed by atoms with Gasteiger partial charge in [0.2, 0.25) is 0 Å². The van der Waals surface area contributed by atoms with Gasteiger partial charge in [-0.1, -0.05) is 85.8 Å². The van der Waals surface area contributed by atoms with E-state index in [9.17, 15) is 0 Å². The monoisotopic (exact) mass is 381 g/mol. The van der Waals surface area contributed by atoms with Gasteiger partial charge in [-0.3, -0.25) is 0 Å². The Morgan fingerprint density at radius 3 is 2.21 bits per heavy atom. The van der Waals surface area contributed by atoms with Gasteiger partial charge in [0.25, 0.3) is 0 Å². The zero-order valence-corrected chi connectivity index (χ0v) is 16.8. The minimum Gasteiger partial charge on any atom is -0.338 e. The zero-order valence-electron chi connectivity index (χ0n) is 16.8. The van der Waals surface area contributed by atoms with E-state index in [2.05, 4.69) is 83.6 Å². The SMILES string of the molecule is CC(CCN)C(c1ccccc1)c1cccc(-c2cnc(-c3ccccc3)[nH]2)c1. The number of hydrogen-bond donors (Lipinski definition) is 2. The molecule has 3 heteroatoms. The summed E-state index contributed by atoms with van der Waals surface area (Å²) in [6.07, 6.45) is 2.91. The van der Waals surface area contributed by atoms with E-state index in [1.165, 1.54) is 11.1 Å². The molecule has 4 rings (SSSR count). The summed E-state index contributed by atoms with van der Waals surface area (Å²) in [7, 11) is 0. The molecule has 0 aliphatic rings. The van der Waals surface area contributed by atoms with Gasteiger partial charge >= 0.3 is 0 Å². The Labute approximate surface area is 172 Å². The third kappa shape index (κ3) is 4.30. The van der Waals surface area contributed by atoms with Crippen molar-refractivity contribution in [1.29, 1.82) is 0 Å². The van der Waals surface area contributed by atoms with Crippen LogP contribution < -0.4 is 5.73 Å². The van der Waals surface area contributed by atoms with Crippen molar-refractivity contribution in [3.8, 4) is 22.6 Å². The summed E-state index contributed by atoms with van der Waals surface area (Å²) in [6.45, 7) is 2.99. The Bertz CT molecular complexity index is 1040. The van der Waals surface area contributed by atoms with Gasteiger partial charge in [-0.25, -0.2) is 4.98 Å². The Balaban J connectivity index is 1.69. The second-order valence-corrected chi connectivity index (χ2v) is 7.58. The molecule has 146 valence electrons. The number of nitrogens with two attached hydrogens (primary N) is 1. The number of rotatable bonds is 7. The molecule has 0 aliphatic heterocycles. The van der Waals surface area contributed by atoms with Gasteiger partial charge in [-0.2, -0.15) is 0 Å². The summed E-state index contributed by atoms with van der Waals surface area (Å²) in [5.41, 5.74) is 11.8. The van der Waals surface area contributed by atoms with Gasteiger partial charge in [0.05, 0.1) is 11.9 Å².